The van der Waals surface area contributed by atoms with Gasteiger partial charge in [0, 0.05) is 10.0 Å². The maximum Gasteiger partial charge on any atom is 0.344 e. The smallest absolute Gasteiger partial charge is 0.344 e. The van der Waals surface area contributed by atoms with Crippen LogP contribution in [0.2, 0.25) is 0 Å². The number of hydrogen-bond acceptors (Lipinski definition) is 7. The van der Waals surface area contributed by atoms with Gasteiger partial charge >= 0.3 is 5.97 Å². The molecule has 0 saturated heterocycles. The zero-order valence-electron chi connectivity index (χ0n) is 22.3. The predicted octanol–water partition coefficient (Wildman–Crippen LogP) is 7.44. The second-order valence-corrected chi connectivity index (χ2v) is 10.5. The Morgan fingerprint density at radius 3 is 2.38 bits per heavy atom. The highest BCUT2D eigenvalue weighted by molar-refractivity contribution is 9.10. The summed E-state index contributed by atoms with van der Waals surface area (Å²) < 4.78 is 17.7. The van der Waals surface area contributed by atoms with Crippen LogP contribution in [-0.2, 0) is 16.1 Å². The Hall–Kier alpha value is -3.82. The van der Waals surface area contributed by atoms with Crippen molar-refractivity contribution in [1.82, 2.24) is 0 Å². The molecule has 0 aromatic heterocycles. The standard InChI is InChI=1S/C31H28BrNO6S/c1-4-37-24-15-21(23(32)17-25(24)39-18-20-12-7-6-8-13-20)16-26-28(34)27(31(36)38-5-2)30(40-26)33-29(35)22-14-10-9-11-19(22)3/h6-17,34H,4-5,18H2,1-3H3/b26-16-,33-30?. The molecule has 206 valence electrons. The van der Waals surface area contributed by atoms with E-state index in [9.17, 15) is 14.7 Å². The van der Waals surface area contributed by atoms with Crippen molar-refractivity contribution in [3.63, 3.8) is 0 Å². The van der Waals surface area contributed by atoms with Crippen LogP contribution >= 0.6 is 27.7 Å². The first-order valence-corrected chi connectivity index (χ1v) is 14.3. The molecule has 0 atom stereocenters. The fraction of sp³-hybridized carbons (Fsp3) is 0.194. The Labute approximate surface area is 245 Å². The lowest BCUT2D eigenvalue weighted by Crippen LogP contribution is -2.14. The van der Waals surface area contributed by atoms with Gasteiger partial charge in [0.1, 0.15) is 23.0 Å². The van der Waals surface area contributed by atoms with Gasteiger partial charge in [-0.3, -0.25) is 4.79 Å². The van der Waals surface area contributed by atoms with Crippen LogP contribution in [0.4, 0.5) is 0 Å². The van der Waals surface area contributed by atoms with Crippen LogP contribution in [-0.4, -0.2) is 35.2 Å². The van der Waals surface area contributed by atoms with E-state index in [0.717, 1.165) is 22.9 Å². The van der Waals surface area contributed by atoms with Crippen LogP contribution in [0.15, 0.2) is 92.4 Å². The third-order valence-electron chi connectivity index (χ3n) is 5.84. The first-order chi connectivity index (χ1) is 19.3. The van der Waals surface area contributed by atoms with Crippen LogP contribution in [0.25, 0.3) is 6.08 Å². The molecule has 3 aromatic rings. The number of esters is 1. The molecule has 9 heteroatoms. The molecule has 4 rings (SSSR count). The van der Waals surface area contributed by atoms with Gasteiger partial charge < -0.3 is 19.3 Å². The molecular formula is C31H28BrNO6S. The summed E-state index contributed by atoms with van der Waals surface area (Å²) in [5.41, 5.74) is 2.70. The van der Waals surface area contributed by atoms with Crippen molar-refractivity contribution in [2.45, 2.75) is 27.4 Å². The number of rotatable bonds is 9. The highest BCUT2D eigenvalue weighted by Crippen LogP contribution is 2.42. The summed E-state index contributed by atoms with van der Waals surface area (Å²) in [4.78, 5) is 30.3. The van der Waals surface area contributed by atoms with Crippen molar-refractivity contribution in [2.24, 2.45) is 4.99 Å². The van der Waals surface area contributed by atoms with Gasteiger partial charge in [0.05, 0.1) is 18.1 Å². The molecule has 0 radical (unpaired) electrons. The number of aryl methyl sites for hydroxylation is 1. The Kier molecular flexibility index (Phi) is 9.84. The number of halogens is 1. The molecular weight excluding hydrogens is 594 g/mol. The van der Waals surface area contributed by atoms with Crippen molar-refractivity contribution in [3.05, 3.63) is 110 Å². The summed E-state index contributed by atoms with van der Waals surface area (Å²) in [6.07, 6.45) is 1.69. The monoisotopic (exact) mass is 621 g/mol. The van der Waals surface area contributed by atoms with Crippen molar-refractivity contribution in [1.29, 1.82) is 0 Å². The van der Waals surface area contributed by atoms with E-state index in [0.29, 0.717) is 45.2 Å². The van der Waals surface area contributed by atoms with Crippen LogP contribution < -0.4 is 9.47 Å². The largest absolute Gasteiger partial charge is 0.506 e. The Morgan fingerprint density at radius 1 is 0.975 bits per heavy atom. The lowest BCUT2D eigenvalue weighted by Gasteiger charge is -2.14. The van der Waals surface area contributed by atoms with Gasteiger partial charge in [-0.25, -0.2) is 9.79 Å². The van der Waals surface area contributed by atoms with Crippen molar-refractivity contribution in [3.8, 4) is 11.5 Å². The molecule has 1 N–H and O–H groups in total. The maximum absolute atomic E-state index is 13.0. The van der Waals surface area contributed by atoms with Crippen molar-refractivity contribution in [2.75, 3.05) is 13.2 Å². The SMILES string of the molecule is CCOC(=O)C1=C(O)/C(=C/c2cc(OCC)c(OCc3ccccc3)cc2Br)SC1=NC(=O)c1ccccc1C. The highest BCUT2D eigenvalue weighted by Gasteiger charge is 2.34. The van der Waals surface area contributed by atoms with Crippen LogP contribution in [0, 0.1) is 6.92 Å². The molecule has 3 aromatic carbocycles. The molecule has 0 saturated carbocycles. The van der Waals surface area contributed by atoms with Crippen LogP contribution in [0.1, 0.15) is 40.9 Å². The first-order valence-electron chi connectivity index (χ1n) is 12.6. The Bertz CT molecular complexity index is 1510. The molecule has 1 amide bonds. The zero-order valence-corrected chi connectivity index (χ0v) is 24.7. The topological polar surface area (TPSA) is 94.4 Å². The normalized spacial score (nSPS) is 15.0. The maximum atomic E-state index is 13.0. The summed E-state index contributed by atoms with van der Waals surface area (Å²) in [6, 6.07) is 20.4. The van der Waals surface area contributed by atoms with Crippen LogP contribution in [0.5, 0.6) is 11.5 Å². The number of aliphatic hydroxyl groups is 1. The molecule has 1 heterocycles. The number of nitrogens with zero attached hydrogens (tertiary/aromatic N) is 1. The van der Waals surface area contributed by atoms with Crippen LogP contribution in [0.3, 0.4) is 0 Å². The van der Waals surface area contributed by atoms with Gasteiger partial charge in [-0.05, 0) is 61.7 Å². The van der Waals surface area contributed by atoms with E-state index >= 15 is 0 Å². The van der Waals surface area contributed by atoms with Crippen molar-refractivity contribution >= 4 is 50.7 Å². The predicted molar refractivity (Wildman–Crippen MR) is 161 cm³/mol. The molecule has 0 unspecified atom stereocenters. The lowest BCUT2D eigenvalue weighted by molar-refractivity contribution is -0.138. The molecule has 7 nitrogen and oxygen atoms in total. The van der Waals surface area contributed by atoms with E-state index in [1.165, 1.54) is 0 Å². The average molecular weight is 623 g/mol. The van der Waals surface area contributed by atoms with E-state index < -0.39 is 11.9 Å². The van der Waals surface area contributed by atoms with E-state index in [2.05, 4.69) is 20.9 Å². The summed E-state index contributed by atoms with van der Waals surface area (Å²) in [6.45, 7) is 6.24. The van der Waals surface area contributed by atoms with Gasteiger partial charge in [0.15, 0.2) is 11.5 Å². The number of thioether (sulfide) groups is 1. The minimum atomic E-state index is -0.758. The number of aliphatic hydroxyl groups excluding tert-OH is 1. The number of ether oxygens (including phenoxy) is 3. The molecule has 0 spiro atoms. The number of carbonyl (C=O) groups excluding carboxylic acids is 2. The molecule has 0 aliphatic carbocycles. The molecule has 0 bridgehead atoms. The number of carbonyl (C=O) groups is 2. The molecule has 0 fully saturated rings. The van der Waals surface area contributed by atoms with E-state index in [1.807, 2.05) is 43.3 Å². The number of hydrogen-bond donors (Lipinski definition) is 1. The zero-order chi connectivity index (χ0) is 28.6. The quantitative estimate of drug-likeness (QED) is 0.248. The summed E-state index contributed by atoms with van der Waals surface area (Å²) in [7, 11) is 0. The second kappa shape index (κ2) is 13.5. The summed E-state index contributed by atoms with van der Waals surface area (Å²) in [5.74, 6) is -0.512. The van der Waals surface area contributed by atoms with Gasteiger partial charge in [0.25, 0.3) is 5.91 Å². The van der Waals surface area contributed by atoms with Gasteiger partial charge in [-0.2, -0.15) is 0 Å². The van der Waals surface area contributed by atoms with Gasteiger partial charge in [-0.1, -0.05) is 76.2 Å². The lowest BCUT2D eigenvalue weighted by atomic mass is 10.1. The van der Waals surface area contributed by atoms with Crippen molar-refractivity contribution < 1.29 is 28.9 Å². The summed E-state index contributed by atoms with van der Waals surface area (Å²) >= 11 is 4.60. The Morgan fingerprint density at radius 2 is 1.68 bits per heavy atom. The summed E-state index contributed by atoms with van der Waals surface area (Å²) in [5, 5.41) is 11.1. The van der Waals surface area contributed by atoms with E-state index in [4.69, 9.17) is 14.2 Å². The fourth-order valence-corrected chi connectivity index (χ4v) is 5.32. The minimum Gasteiger partial charge on any atom is -0.506 e. The third-order valence-corrected chi connectivity index (χ3v) is 7.54. The molecule has 1 aliphatic heterocycles. The third kappa shape index (κ3) is 6.84. The fourth-order valence-electron chi connectivity index (χ4n) is 3.88. The number of aliphatic imine (C=N–C) groups is 1. The second-order valence-electron chi connectivity index (χ2n) is 8.62. The van der Waals surface area contributed by atoms with E-state index in [1.54, 1.807) is 50.3 Å². The Balaban J connectivity index is 1.69. The first kappa shape index (κ1) is 29.2. The van der Waals surface area contributed by atoms with Gasteiger partial charge in [0.2, 0.25) is 0 Å². The minimum absolute atomic E-state index is 0.0689. The highest BCUT2D eigenvalue weighted by atomic mass is 79.9. The number of amides is 1. The van der Waals surface area contributed by atoms with E-state index in [-0.39, 0.29) is 23.0 Å². The molecule has 40 heavy (non-hydrogen) atoms. The molecule has 1 aliphatic rings. The average Bonchev–Trinajstić information content (AvgIpc) is 3.24. The van der Waals surface area contributed by atoms with Gasteiger partial charge in [-0.15, -0.1) is 0 Å². The number of benzene rings is 3.